The van der Waals surface area contributed by atoms with Crippen LogP contribution < -0.4 is 5.32 Å². The van der Waals surface area contributed by atoms with Crippen LogP contribution in [-0.2, 0) is 4.79 Å². The average Bonchev–Trinajstić information content (AvgIpc) is 1.90. The molecule has 0 aromatic carbocycles. The van der Waals surface area contributed by atoms with Crippen molar-refractivity contribution < 1.29 is 10.1 Å². The lowest BCUT2D eigenvalue weighted by atomic mass is 9.81. The van der Waals surface area contributed by atoms with Crippen LogP contribution in [0.25, 0.3) is 0 Å². The van der Waals surface area contributed by atoms with E-state index in [0.717, 1.165) is 0 Å². The van der Waals surface area contributed by atoms with Crippen molar-refractivity contribution in [3.8, 4) is 0 Å². The van der Waals surface area contributed by atoms with Crippen molar-refractivity contribution in [1.82, 2.24) is 0 Å². The summed E-state index contributed by atoms with van der Waals surface area (Å²) in [6.07, 6.45) is 4.88. The lowest BCUT2D eigenvalue weighted by Gasteiger charge is -2.30. The van der Waals surface area contributed by atoms with Gasteiger partial charge in [-0.05, 0) is 12.8 Å². The second-order valence-corrected chi connectivity index (χ2v) is 3.18. The summed E-state index contributed by atoms with van der Waals surface area (Å²) in [7, 11) is 0. The van der Waals surface area contributed by atoms with Crippen molar-refractivity contribution in [3.05, 3.63) is 0 Å². The summed E-state index contributed by atoms with van der Waals surface area (Å²) in [5.74, 6) is 0.854. The molecule has 1 aliphatic carbocycles. The molecule has 3 rings (SSSR count). The normalized spacial score (nSPS) is 41.6. The van der Waals surface area contributed by atoms with Gasteiger partial charge in [0.1, 0.15) is 0 Å². The molecule has 2 heteroatoms. The molecule has 0 aromatic heterocycles. The molecular weight excluding hydrogens is 114 g/mol. The molecule has 2 nitrogen and oxygen atoms in total. The Labute approximate surface area is 54.6 Å². The largest absolute Gasteiger partial charge is 0.313 e. The van der Waals surface area contributed by atoms with Gasteiger partial charge in [-0.1, -0.05) is 0 Å². The number of carbonyl (C=O) groups excluding carboxylic acids is 1. The minimum atomic E-state index is 0.426. The highest BCUT2D eigenvalue weighted by Gasteiger charge is 2.37. The van der Waals surface area contributed by atoms with Crippen LogP contribution in [-0.4, -0.2) is 11.9 Å². The molecule has 2 saturated heterocycles. The van der Waals surface area contributed by atoms with Crippen LogP contribution in [0.4, 0.5) is 0 Å². The van der Waals surface area contributed by atoms with Gasteiger partial charge in [0.05, 0.1) is 12.0 Å². The van der Waals surface area contributed by atoms with Gasteiger partial charge in [-0.15, -0.1) is 0 Å². The quantitative estimate of drug-likeness (QED) is 0.473. The van der Waals surface area contributed by atoms with Crippen molar-refractivity contribution in [2.75, 3.05) is 0 Å². The van der Waals surface area contributed by atoms with Crippen LogP contribution in [0.2, 0.25) is 0 Å². The van der Waals surface area contributed by atoms with E-state index < -0.39 is 0 Å². The van der Waals surface area contributed by atoms with Gasteiger partial charge in [0, 0.05) is 12.8 Å². The highest BCUT2D eigenvalue weighted by Crippen LogP contribution is 2.25. The molecule has 0 atom stereocenters. The van der Waals surface area contributed by atoms with Gasteiger partial charge in [0.2, 0.25) is 0 Å². The maximum atomic E-state index is 11.0. The summed E-state index contributed by atoms with van der Waals surface area (Å²) in [6, 6.07) is 0.655. The third-order valence-corrected chi connectivity index (χ3v) is 2.57. The summed E-state index contributed by atoms with van der Waals surface area (Å²) in [5.41, 5.74) is 0. The number of rotatable bonds is 0. The first-order chi connectivity index (χ1) is 4.36. The number of amides is 1. The smallest absolute Gasteiger partial charge is 0.281 e. The van der Waals surface area contributed by atoms with E-state index in [1.54, 1.807) is 0 Å². The molecule has 3 aliphatic rings. The molecule has 50 valence electrons. The minimum Gasteiger partial charge on any atom is -0.281 e. The van der Waals surface area contributed by atoms with E-state index in [4.69, 9.17) is 0 Å². The lowest BCUT2D eigenvalue weighted by molar-refractivity contribution is -0.625. The van der Waals surface area contributed by atoms with E-state index in [2.05, 4.69) is 0 Å². The second kappa shape index (κ2) is 1.81. The van der Waals surface area contributed by atoms with E-state index >= 15 is 0 Å². The van der Waals surface area contributed by atoms with Crippen molar-refractivity contribution in [3.63, 3.8) is 0 Å². The Balaban J connectivity index is 2.15. The summed E-state index contributed by atoms with van der Waals surface area (Å²) >= 11 is 0. The number of hydrogen-bond acceptors (Lipinski definition) is 1. The number of nitrogens with two attached hydrogens (primary N) is 1. The number of piperidine rings is 2. The zero-order valence-electron chi connectivity index (χ0n) is 5.47. The SMILES string of the molecule is O=C1[NH2+]C2CCC1CC2. The van der Waals surface area contributed by atoms with Crippen LogP contribution >= 0.6 is 0 Å². The number of primary amides is 1. The highest BCUT2D eigenvalue weighted by atomic mass is 16.2. The molecule has 1 saturated carbocycles. The Morgan fingerprint density at radius 2 is 1.89 bits per heavy atom. The molecule has 2 N–H and O–H groups in total. The second-order valence-electron chi connectivity index (χ2n) is 3.18. The number of hydrogen-bond donors (Lipinski definition) is 1. The fraction of sp³-hybridized carbons (Fsp3) is 0.857. The summed E-state index contributed by atoms with van der Waals surface area (Å²) in [4.78, 5) is 11.0. The summed E-state index contributed by atoms with van der Waals surface area (Å²) in [5, 5.41) is 1.94. The fourth-order valence-corrected chi connectivity index (χ4v) is 1.94. The van der Waals surface area contributed by atoms with Gasteiger partial charge in [0.15, 0.2) is 0 Å². The number of fused-ring (bicyclic) bond motifs is 3. The lowest BCUT2D eigenvalue weighted by Crippen LogP contribution is -2.97. The molecular formula is C7H12NO+. The monoisotopic (exact) mass is 126 g/mol. The van der Waals surface area contributed by atoms with Gasteiger partial charge in [-0.2, -0.15) is 0 Å². The maximum absolute atomic E-state index is 11.0. The molecule has 0 spiro atoms. The first-order valence-electron chi connectivity index (χ1n) is 3.75. The predicted molar refractivity (Wildman–Crippen MR) is 32.7 cm³/mol. The number of carbonyl (C=O) groups is 1. The third kappa shape index (κ3) is 0.778. The standard InChI is InChI=1S/C7H11NO/c9-7-5-1-3-6(8-7)4-2-5/h5-6H,1-4H2,(H,8,9)/p+1. The Morgan fingerprint density at radius 1 is 1.22 bits per heavy atom. The van der Waals surface area contributed by atoms with E-state index in [1.165, 1.54) is 25.7 Å². The van der Waals surface area contributed by atoms with E-state index in [-0.39, 0.29) is 0 Å². The van der Waals surface area contributed by atoms with Crippen molar-refractivity contribution >= 4 is 5.91 Å². The molecule has 0 unspecified atom stereocenters. The molecule has 9 heavy (non-hydrogen) atoms. The fourth-order valence-electron chi connectivity index (χ4n) is 1.94. The first-order valence-corrected chi connectivity index (χ1v) is 3.75. The third-order valence-electron chi connectivity index (χ3n) is 2.57. The van der Waals surface area contributed by atoms with Gasteiger partial charge < -0.3 is 0 Å². The Hall–Kier alpha value is -0.370. The molecule has 2 bridgehead atoms. The first kappa shape index (κ1) is 5.42. The van der Waals surface area contributed by atoms with Crippen LogP contribution in [0.15, 0.2) is 0 Å². The molecule has 2 aliphatic heterocycles. The van der Waals surface area contributed by atoms with Crippen molar-refractivity contribution in [1.29, 1.82) is 0 Å². The average molecular weight is 126 g/mol. The summed E-state index contributed by atoms with van der Waals surface area (Å²) in [6.45, 7) is 0. The Morgan fingerprint density at radius 3 is 2.11 bits per heavy atom. The highest BCUT2D eigenvalue weighted by molar-refractivity contribution is 5.69. The van der Waals surface area contributed by atoms with Crippen molar-refractivity contribution in [2.24, 2.45) is 5.92 Å². The van der Waals surface area contributed by atoms with Gasteiger partial charge >= 0.3 is 5.91 Å². The molecule has 3 fully saturated rings. The summed E-state index contributed by atoms with van der Waals surface area (Å²) < 4.78 is 0. The van der Waals surface area contributed by atoms with Crippen molar-refractivity contribution in [2.45, 2.75) is 31.7 Å². The Kier molecular flexibility index (Phi) is 1.09. The maximum Gasteiger partial charge on any atom is 0.313 e. The van der Waals surface area contributed by atoms with Gasteiger partial charge in [-0.3, -0.25) is 5.32 Å². The predicted octanol–water partition coefficient (Wildman–Crippen LogP) is -0.351. The zero-order valence-corrected chi connectivity index (χ0v) is 5.47. The van der Waals surface area contributed by atoms with E-state index in [9.17, 15) is 4.79 Å². The van der Waals surface area contributed by atoms with E-state index in [0.29, 0.717) is 17.9 Å². The number of quaternary nitrogens is 1. The Bertz CT molecular complexity index is 136. The van der Waals surface area contributed by atoms with Crippen LogP contribution in [0, 0.1) is 5.92 Å². The van der Waals surface area contributed by atoms with E-state index in [1.807, 2.05) is 5.32 Å². The van der Waals surface area contributed by atoms with Gasteiger partial charge in [-0.25, -0.2) is 4.79 Å². The van der Waals surface area contributed by atoms with Crippen LogP contribution in [0.1, 0.15) is 25.7 Å². The molecule has 0 aromatic rings. The van der Waals surface area contributed by atoms with Crippen LogP contribution in [0.5, 0.6) is 0 Å². The molecule has 1 amide bonds. The van der Waals surface area contributed by atoms with Gasteiger partial charge in [0.25, 0.3) is 0 Å². The molecule has 0 radical (unpaired) electrons. The zero-order chi connectivity index (χ0) is 6.27. The molecule has 2 heterocycles. The minimum absolute atomic E-state index is 0.426. The van der Waals surface area contributed by atoms with Crippen LogP contribution in [0.3, 0.4) is 0 Å². The topological polar surface area (TPSA) is 33.7 Å².